The van der Waals surface area contributed by atoms with Crippen LogP contribution in [0.1, 0.15) is 63.3 Å². The lowest BCUT2D eigenvalue weighted by molar-refractivity contribution is 0.205. The number of amides is 2. The molecule has 3 aromatic heterocycles. The second kappa shape index (κ2) is 12.3. The van der Waals surface area contributed by atoms with Crippen molar-refractivity contribution in [3.63, 3.8) is 0 Å². The van der Waals surface area contributed by atoms with E-state index in [9.17, 15) is 4.79 Å². The molecule has 0 unspecified atom stereocenters. The van der Waals surface area contributed by atoms with Gasteiger partial charge >= 0.3 is 6.03 Å². The topological polar surface area (TPSA) is 96.9 Å². The number of aromatic nitrogens is 3. The number of rotatable bonds is 7. The van der Waals surface area contributed by atoms with Gasteiger partial charge in [-0.15, -0.1) is 0 Å². The molecule has 1 aromatic carbocycles. The number of carbonyl (C=O) groups is 1. The van der Waals surface area contributed by atoms with Crippen molar-refractivity contribution in [1.29, 1.82) is 0 Å². The Morgan fingerprint density at radius 3 is 2.50 bits per heavy atom. The summed E-state index contributed by atoms with van der Waals surface area (Å²) >= 11 is 0. The first-order valence-corrected chi connectivity index (χ1v) is 13.8. The molecule has 0 atom stereocenters. The molecule has 1 saturated heterocycles. The third-order valence-corrected chi connectivity index (χ3v) is 6.73. The highest BCUT2D eigenvalue weighted by molar-refractivity contribution is 5.98. The van der Waals surface area contributed by atoms with Gasteiger partial charge in [0.1, 0.15) is 17.2 Å². The first kappa shape index (κ1) is 27.3. The number of ether oxygens (including phenoxy) is 1. The average molecular weight is 541 g/mol. The highest BCUT2D eigenvalue weighted by Gasteiger charge is 2.20. The average Bonchev–Trinajstić information content (AvgIpc) is 3.57. The molecule has 1 aliphatic heterocycles. The van der Waals surface area contributed by atoms with Crippen molar-refractivity contribution in [2.24, 2.45) is 0 Å². The van der Waals surface area contributed by atoms with E-state index in [0.717, 1.165) is 36.4 Å². The molecule has 2 amide bonds. The van der Waals surface area contributed by atoms with Crippen LogP contribution in [0.2, 0.25) is 0 Å². The maximum Gasteiger partial charge on any atom is 0.326 e. The number of urea groups is 1. The Kier molecular flexibility index (Phi) is 8.37. The van der Waals surface area contributed by atoms with Crippen LogP contribution in [0.15, 0.2) is 59.4 Å². The number of fused-ring (bicyclic) bond motifs is 1. The molecule has 4 aromatic rings. The number of benzene rings is 1. The number of nitrogens with zero attached hydrogens (tertiary/aromatic N) is 4. The zero-order valence-electron chi connectivity index (χ0n) is 23.4. The lowest BCUT2D eigenvalue weighted by Crippen LogP contribution is -2.31. The first-order chi connectivity index (χ1) is 19.3. The lowest BCUT2D eigenvalue weighted by atomic mass is 9.93. The van der Waals surface area contributed by atoms with Gasteiger partial charge in [0, 0.05) is 35.3 Å². The number of hydrogen-bond donors (Lipinski definition) is 2. The minimum Gasteiger partial charge on any atom is -0.494 e. The summed E-state index contributed by atoms with van der Waals surface area (Å²) in [5, 5.41) is 9.31. The van der Waals surface area contributed by atoms with Crippen LogP contribution >= 0.6 is 0 Å². The number of piperidine rings is 1. The number of imidazole rings is 1. The fraction of sp³-hybridized carbons (Fsp3) is 0.387. The Hall–Kier alpha value is -4.29. The van der Waals surface area contributed by atoms with Gasteiger partial charge in [0.05, 0.1) is 12.8 Å². The van der Waals surface area contributed by atoms with E-state index in [1.54, 1.807) is 12.3 Å². The van der Waals surface area contributed by atoms with E-state index < -0.39 is 6.03 Å². The Labute approximate surface area is 234 Å². The summed E-state index contributed by atoms with van der Waals surface area (Å²) in [4.78, 5) is 19.4. The molecule has 0 aliphatic carbocycles. The Bertz CT molecular complexity index is 1500. The summed E-state index contributed by atoms with van der Waals surface area (Å²) in [6.45, 7) is 10.3. The van der Waals surface area contributed by atoms with Gasteiger partial charge in [0.15, 0.2) is 11.6 Å². The second-order valence-electron chi connectivity index (χ2n) is 11.1. The van der Waals surface area contributed by atoms with Crippen LogP contribution in [0.3, 0.4) is 0 Å². The minimum atomic E-state index is -0.452. The molecule has 1 fully saturated rings. The van der Waals surface area contributed by atoms with Crippen molar-refractivity contribution in [3.05, 3.63) is 71.7 Å². The summed E-state index contributed by atoms with van der Waals surface area (Å²) < 4.78 is 13.0. The van der Waals surface area contributed by atoms with Gasteiger partial charge in [-0.25, -0.2) is 9.78 Å². The molecule has 40 heavy (non-hydrogen) atoms. The van der Waals surface area contributed by atoms with Gasteiger partial charge in [-0.3, -0.25) is 10.6 Å². The number of nitrogens with one attached hydrogen (secondary N) is 2. The molecule has 2 N–H and O–H groups in total. The van der Waals surface area contributed by atoms with Crippen molar-refractivity contribution < 1.29 is 14.1 Å². The Morgan fingerprint density at radius 2 is 1.75 bits per heavy atom. The predicted octanol–water partition coefficient (Wildman–Crippen LogP) is 5.92. The van der Waals surface area contributed by atoms with Crippen molar-refractivity contribution in [2.45, 2.75) is 51.9 Å². The van der Waals surface area contributed by atoms with Crippen LogP contribution in [0.25, 0.3) is 5.65 Å². The number of pyridine rings is 1. The van der Waals surface area contributed by atoms with E-state index in [1.165, 1.54) is 32.4 Å². The summed E-state index contributed by atoms with van der Waals surface area (Å²) in [6.07, 6.45) is 8.65. The fourth-order valence-electron chi connectivity index (χ4n) is 4.51. The van der Waals surface area contributed by atoms with Crippen LogP contribution in [-0.2, 0) is 5.41 Å². The molecular weight excluding hydrogens is 504 g/mol. The fourth-order valence-corrected chi connectivity index (χ4v) is 4.51. The third-order valence-electron chi connectivity index (χ3n) is 6.73. The maximum absolute atomic E-state index is 12.4. The molecule has 208 valence electrons. The first-order valence-electron chi connectivity index (χ1n) is 13.8. The van der Waals surface area contributed by atoms with Gasteiger partial charge in [-0.05, 0) is 68.8 Å². The van der Waals surface area contributed by atoms with Crippen molar-refractivity contribution in [2.75, 3.05) is 36.9 Å². The summed E-state index contributed by atoms with van der Waals surface area (Å²) in [5.74, 6) is 8.69. The van der Waals surface area contributed by atoms with E-state index in [-0.39, 0.29) is 5.41 Å². The molecule has 0 bridgehead atoms. The van der Waals surface area contributed by atoms with Crippen molar-refractivity contribution in [1.82, 2.24) is 19.4 Å². The van der Waals surface area contributed by atoms with Crippen LogP contribution in [0, 0.1) is 11.8 Å². The standard InChI is InChI=1S/C31H36N6O3/c1-31(2,3)26-21-27(35-40-26)33-30(38)34-28-22-37-18-14-24(20-29(37)32-28)9-8-23-10-12-25(13-11-23)39-19-7-17-36-15-5-4-6-16-36/h10-14,18,20-22H,4-7,15-17,19H2,1-3H3,(H2,33,34,35,38). The molecule has 5 rings (SSSR count). The SMILES string of the molecule is CC(C)(C)c1cc(NC(=O)Nc2cn3ccc(C#Cc4ccc(OCCCN5CCCCC5)cc4)cc3n2)no1. The zero-order valence-corrected chi connectivity index (χ0v) is 23.4. The maximum atomic E-state index is 12.4. The third kappa shape index (κ3) is 7.42. The molecule has 0 spiro atoms. The number of carbonyl (C=O) groups excluding carboxylic acids is 1. The quantitative estimate of drug-likeness (QED) is 0.223. The van der Waals surface area contributed by atoms with Gasteiger partial charge in [0.2, 0.25) is 0 Å². The minimum absolute atomic E-state index is 0.199. The van der Waals surface area contributed by atoms with Crippen LogP contribution in [0.4, 0.5) is 16.4 Å². The normalized spacial score (nSPS) is 14.0. The van der Waals surface area contributed by atoms with Crippen molar-refractivity contribution in [3.8, 4) is 17.6 Å². The monoisotopic (exact) mass is 540 g/mol. The Balaban J connectivity index is 1.13. The number of anilines is 2. The van der Waals surface area contributed by atoms with Gasteiger partial charge in [0.25, 0.3) is 0 Å². The molecule has 4 heterocycles. The Morgan fingerprint density at radius 1 is 1.00 bits per heavy atom. The van der Waals surface area contributed by atoms with Gasteiger partial charge in [-0.1, -0.05) is 44.2 Å². The van der Waals surface area contributed by atoms with Gasteiger partial charge in [-0.2, -0.15) is 0 Å². The zero-order chi connectivity index (χ0) is 28.0. The highest BCUT2D eigenvalue weighted by atomic mass is 16.5. The summed E-state index contributed by atoms with van der Waals surface area (Å²) in [7, 11) is 0. The highest BCUT2D eigenvalue weighted by Crippen LogP contribution is 2.24. The van der Waals surface area contributed by atoms with E-state index >= 15 is 0 Å². The largest absolute Gasteiger partial charge is 0.494 e. The smallest absolute Gasteiger partial charge is 0.326 e. The summed E-state index contributed by atoms with van der Waals surface area (Å²) in [5.41, 5.74) is 2.21. The molecule has 0 saturated carbocycles. The van der Waals surface area contributed by atoms with E-state index in [1.807, 2.05) is 67.8 Å². The number of likely N-dealkylation sites (tertiary alicyclic amines) is 1. The van der Waals surface area contributed by atoms with E-state index in [2.05, 4.69) is 37.5 Å². The summed E-state index contributed by atoms with van der Waals surface area (Å²) in [6, 6.07) is 12.9. The lowest BCUT2D eigenvalue weighted by Gasteiger charge is -2.26. The predicted molar refractivity (Wildman–Crippen MR) is 156 cm³/mol. The van der Waals surface area contributed by atoms with Crippen LogP contribution in [0.5, 0.6) is 5.75 Å². The van der Waals surface area contributed by atoms with Crippen LogP contribution in [-0.4, -0.2) is 51.7 Å². The van der Waals surface area contributed by atoms with E-state index in [4.69, 9.17) is 9.26 Å². The molecule has 9 heteroatoms. The molecule has 1 aliphatic rings. The molecule has 9 nitrogen and oxygen atoms in total. The number of hydrogen-bond acceptors (Lipinski definition) is 6. The van der Waals surface area contributed by atoms with Gasteiger partial charge < -0.3 is 18.6 Å². The van der Waals surface area contributed by atoms with Crippen molar-refractivity contribution >= 4 is 23.3 Å². The van der Waals surface area contributed by atoms with Crippen LogP contribution < -0.4 is 15.4 Å². The molecular formula is C31H36N6O3. The van der Waals surface area contributed by atoms with E-state index in [0.29, 0.717) is 23.0 Å². The second-order valence-corrected chi connectivity index (χ2v) is 11.1. The molecule has 0 radical (unpaired) electrons.